The van der Waals surface area contributed by atoms with E-state index in [0.29, 0.717) is 13.1 Å². The molecule has 1 unspecified atom stereocenters. The topological polar surface area (TPSA) is 70.2 Å². The summed E-state index contributed by atoms with van der Waals surface area (Å²) in [7, 11) is 0. The van der Waals surface area contributed by atoms with Crippen molar-refractivity contribution in [2.24, 2.45) is 5.92 Å². The summed E-state index contributed by atoms with van der Waals surface area (Å²) in [5.41, 5.74) is 2.10. The molecule has 5 heteroatoms. The first-order chi connectivity index (χ1) is 9.90. The quantitative estimate of drug-likeness (QED) is 0.488. The van der Waals surface area contributed by atoms with Crippen LogP contribution >= 0.6 is 0 Å². The highest BCUT2D eigenvalue weighted by atomic mass is 16.1. The van der Waals surface area contributed by atoms with Crippen LogP contribution in [0, 0.1) is 5.92 Å². The first kappa shape index (κ1) is 17.2. The average Bonchev–Trinajstić information content (AvgIpc) is 2.42. The van der Waals surface area contributed by atoms with Gasteiger partial charge < -0.3 is 10.6 Å². The SMILES string of the molecule is CC(=O)/C=C/C1=CNC(NCCNC(=O)C(C)C)C(C)=C1. The van der Waals surface area contributed by atoms with Gasteiger partial charge in [-0.25, -0.2) is 0 Å². The van der Waals surface area contributed by atoms with Crippen LogP contribution in [0.2, 0.25) is 0 Å². The molecule has 0 saturated carbocycles. The second-order valence-electron chi connectivity index (χ2n) is 5.48. The molecule has 1 heterocycles. The van der Waals surface area contributed by atoms with Gasteiger partial charge in [0.05, 0.1) is 6.17 Å². The van der Waals surface area contributed by atoms with Crippen LogP contribution in [0.3, 0.4) is 0 Å². The maximum atomic E-state index is 11.4. The fraction of sp³-hybridized carbons (Fsp3) is 0.500. The van der Waals surface area contributed by atoms with Gasteiger partial charge in [0.1, 0.15) is 0 Å². The lowest BCUT2D eigenvalue weighted by molar-refractivity contribution is -0.123. The third-order valence-corrected chi connectivity index (χ3v) is 3.07. The monoisotopic (exact) mass is 291 g/mol. The number of ketones is 1. The van der Waals surface area contributed by atoms with E-state index in [4.69, 9.17) is 0 Å². The zero-order valence-electron chi connectivity index (χ0n) is 13.2. The van der Waals surface area contributed by atoms with Crippen molar-refractivity contribution >= 4 is 11.7 Å². The lowest BCUT2D eigenvalue weighted by Gasteiger charge is -2.24. The van der Waals surface area contributed by atoms with Gasteiger partial charge in [-0.1, -0.05) is 26.0 Å². The van der Waals surface area contributed by atoms with Crippen LogP contribution in [-0.4, -0.2) is 30.9 Å². The van der Waals surface area contributed by atoms with E-state index in [0.717, 1.165) is 11.1 Å². The molecule has 5 nitrogen and oxygen atoms in total. The second-order valence-corrected chi connectivity index (χ2v) is 5.48. The third kappa shape index (κ3) is 6.40. The van der Waals surface area contributed by atoms with Crippen LogP contribution in [0.25, 0.3) is 0 Å². The van der Waals surface area contributed by atoms with Gasteiger partial charge >= 0.3 is 0 Å². The molecule has 116 valence electrons. The number of carbonyl (C=O) groups excluding carboxylic acids is 2. The smallest absolute Gasteiger partial charge is 0.222 e. The molecule has 0 aliphatic carbocycles. The summed E-state index contributed by atoms with van der Waals surface area (Å²) in [4.78, 5) is 22.3. The number of allylic oxidation sites excluding steroid dienone is 4. The Hall–Kier alpha value is -1.88. The minimum absolute atomic E-state index is 0.0120. The maximum absolute atomic E-state index is 11.4. The van der Waals surface area contributed by atoms with Gasteiger partial charge in [-0.3, -0.25) is 14.9 Å². The van der Waals surface area contributed by atoms with Gasteiger partial charge in [-0.2, -0.15) is 0 Å². The van der Waals surface area contributed by atoms with Crippen LogP contribution < -0.4 is 16.0 Å². The summed E-state index contributed by atoms with van der Waals surface area (Å²) in [6.07, 6.45) is 7.29. The van der Waals surface area contributed by atoms with Crippen molar-refractivity contribution in [2.75, 3.05) is 13.1 Å². The van der Waals surface area contributed by atoms with E-state index < -0.39 is 0 Å². The largest absolute Gasteiger partial charge is 0.372 e. The molecule has 0 saturated heterocycles. The molecule has 0 fully saturated rings. The van der Waals surface area contributed by atoms with E-state index >= 15 is 0 Å². The fourth-order valence-corrected chi connectivity index (χ4v) is 1.83. The standard InChI is InChI=1S/C16H25N3O2/c1-11(2)16(21)18-8-7-17-15-12(3)9-14(10-19-15)6-5-13(4)20/h5-6,9-11,15,17,19H,7-8H2,1-4H3,(H,18,21)/b6-5+. The van der Waals surface area contributed by atoms with Crippen LogP contribution in [0.15, 0.2) is 35.6 Å². The van der Waals surface area contributed by atoms with Crippen LogP contribution in [0.4, 0.5) is 0 Å². The summed E-state index contributed by atoms with van der Waals surface area (Å²) >= 11 is 0. The van der Waals surface area contributed by atoms with Crippen LogP contribution in [0.5, 0.6) is 0 Å². The molecule has 21 heavy (non-hydrogen) atoms. The maximum Gasteiger partial charge on any atom is 0.222 e. The average molecular weight is 291 g/mol. The first-order valence-corrected chi connectivity index (χ1v) is 7.24. The van der Waals surface area contributed by atoms with Crippen molar-refractivity contribution in [1.29, 1.82) is 0 Å². The van der Waals surface area contributed by atoms with Crippen molar-refractivity contribution in [2.45, 2.75) is 33.9 Å². The Morgan fingerprint density at radius 2 is 2.10 bits per heavy atom. The van der Waals surface area contributed by atoms with Crippen molar-refractivity contribution < 1.29 is 9.59 Å². The molecule has 1 rings (SSSR count). The summed E-state index contributed by atoms with van der Waals surface area (Å²) in [5, 5.41) is 9.42. The Balaban J connectivity index is 2.35. The first-order valence-electron chi connectivity index (χ1n) is 7.24. The van der Waals surface area contributed by atoms with Gasteiger partial charge in [-0.15, -0.1) is 0 Å². The minimum Gasteiger partial charge on any atom is -0.372 e. The van der Waals surface area contributed by atoms with Crippen LogP contribution in [-0.2, 0) is 9.59 Å². The summed E-state index contributed by atoms with van der Waals surface area (Å²) < 4.78 is 0. The fourth-order valence-electron chi connectivity index (χ4n) is 1.83. The molecule has 1 amide bonds. The number of hydrogen-bond acceptors (Lipinski definition) is 4. The molecule has 0 aromatic rings. The molecule has 3 N–H and O–H groups in total. The van der Waals surface area contributed by atoms with Gasteiger partial charge in [0.2, 0.25) is 5.91 Å². The summed E-state index contributed by atoms with van der Waals surface area (Å²) in [6.45, 7) is 8.58. The number of dihydropyridines is 1. The molecule has 0 aromatic heterocycles. The number of carbonyl (C=O) groups is 2. The highest BCUT2D eigenvalue weighted by molar-refractivity contribution is 5.87. The second kappa shape index (κ2) is 8.42. The molecule has 1 aliphatic heterocycles. The summed E-state index contributed by atoms with van der Waals surface area (Å²) in [6, 6.07) is 0. The van der Waals surface area contributed by atoms with Crippen molar-refractivity contribution in [1.82, 2.24) is 16.0 Å². The van der Waals surface area contributed by atoms with Crippen molar-refractivity contribution in [3.63, 3.8) is 0 Å². The normalized spacial score (nSPS) is 18.2. The van der Waals surface area contributed by atoms with E-state index in [2.05, 4.69) is 16.0 Å². The zero-order valence-corrected chi connectivity index (χ0v) is 13.2. The van der Waals surface area contributed by atoms with Crippen molar-refractivity contribution in [3.05, 3.63) is 35.6 Å². The van der Waals surface area contributed by atoms with Gasteiger partial charge in [-0.05, 0) is 31.1 Å². The zero-order chi connectivity index (χ0) is 15.8. The Labute approximate surface area is 126 Å². The predicted octanol–water partition coefficient (Wildman–Crippen LogP) is 1.25. The number of amides is 1. The van der Waals surface area contributed by atoms with Crippen LogP contribution in [0.1, 0.15) is 27.7 Å². The van der Waals surface area contributed by atoms with Gasteiger partial charge in [0.25, 0.3) is 0 Å². The molecule has 0 aromatic carbocycles. The highest BCUT2D eigenvalue weighted by Crippen LogP contribution is 2.11. The third-order valence-electron chi connectivity index (χ3n) is 3.07. The number of hydrogen-bond donors (Lipinski definition) is 3. The predicted molar refractivity (Wildman–Crippen MR) is 84.4 cm³/mol. The van der Waals surface area contributed by atoms with E-state index in [1.54, 1.807) is 12.2 Å². The Kier molecular flexibility index (Phi) is 6.88. The van der Waals surface area contributed by atoms with Gasteiger partial charge in [0, 0.05) is 25.2 Å². The molecule has 1 atom stereocenters. The molecule has 0 spiro atoms. The molecule has 0 bridgehead atoms. The number of nitrogens with one attached hydrogen (secondary N) is 3. The van der Waals surface area contributed by atoms with Gasteiger partial charge in [0.15, 0.2) is 5.78 Å². The lowest BCUT2D eigenvalue weighted by Crippen LogP contribution is -2.45. The summed E-state index contributed by atoms with van der Waals surface area (Å²) in [5.74, 6) is 0.110. The minimum atomic E-state index is 0.0120. The van der Waals surface area contributed by atoms with E-state index in [-0.39, 0.29) is 23.8 Å². The van der Waals surface area contributed by atoms with E-state index in [1.165, 1.54) is 6.92 Å². The number of rotatable bonds is 7. The van der Waals surface area contributed by atoms with E-state index in [9.17, 15) is 9.59 Å². The van der Waals surface area contributed by atoms with Crippen molar-refractivity contribution in [3.8, 4) is 0 Å². The lowest BCUT2D eigenvalue weighted by atomic mass is 10.1. The Morgan fingerprint density at radius 3 is 2.67 bits per heavy atom. The Morgan fingerprint density at radius 1 is 1.38 bits per heavy atom. The Bertz CT molecular complexity index is 476. The molecule has 0 radical (unpaired) electrons. The molecule has 1 aliphatic rings. The molecular weight excluding hydrogens is 266 g/mol. The molecular formula is C16H25N3O2. The van der Waals surface area contributed by atoms with E-state index in [1.807, 2.05) is 33.0 Å². The highest BCUT2D eigenvalue weighted by Gasteiger charge is 2.12.